The van der Waals surface area contributed by atoms with Crippen molar-refractivity contribution in [2.45, 2.75) is 31.3 Å². The van der Waals surface area contributed by atoms with Gasteiger partial charge in [-0.2, -0.15) is 14.7 Å². The molecule has 0 saturated carbocycles. The summed E-state index contributed by atoms with van der Waals surface area (Å²) in [7, 11) is -2.25. The van der Waals surface area contributed by atoms with Gasteiger partial charge in [-0.05, 0) is 56.2 Å². The first kappa shape index (κ1) is 24.4. The lowest BCUT2D eigenvalue weighted by molar-refractivity contribution is -0.151. The number of piperidine rings is 1. The summed E-state index contributed by atoms with van der Waals surface area (Å²) in [4.78, 5) is 13.1. The highest BCUT2D eigenvalue weighted by Crippen LogP contribution is 2.26. The zero-order chi connectivity index (χ0) is 25.0. The lowest BCUT2D eigenvalue weighted by Crippen LogP contribution is -2.42. The standard InChI is InChI=1S/C25H26N4O5S/c1-18-23(15-26)24(29(27-18)20-8-4-3-5-9-20)17-34-25(30)19-7-6-14-28(16-19)35(31,32)22-12-10-21(33-2)11-13-22/h3-5,8-13,19H,6-7,14,16-17H2,1-2H3/t19-/m1/s1. The fourth-order valence-corrected chi connectivity index (χ4v) is 5.67. The number of sulfonamides is 1. The molecule has 3 aromatic rings. The predicted octanol–water partition coefficient (Wildman–Crippen LogP) is 3.21. The van der Waals surface area contributed by atoms with Crippen molar-refractivity contribution in [1.29, 1.82) is 5.26 Å². The Morgan fingerprint density at radius 1 is 1.17 bits per heavy atom. The van der Waals surface area contributed by atoms with Crippen LogP contribution in [0.1, 0.15) is 29.8 Å². The molecule has 0 unspecified atom stereocenters. The van der Waals surface area contributed by atoms with Crippen molar-refractivity contribution >= 4 is 16.0 Å². The molecule has 9 nitrogen and oxygen atoms in total. The smallest absolute Gasteiger partial charge is 0.310 e. The van der Waals surface area contributed by atoms with Crippen LogP contribution < -0.4 is 4.74 Å². The highest BCUT2D eigenvalue weighted by Gasteiger charge is 2.34. The summed E-state index contributed by atoms with van der Waals surface area (Å²) >= 11 is 0. The molecule has 1 fully saturated rings. The van der Waals surface area contributed by atoms with Gasteiger partial charge in [0, 0.05) is 13.1 Å². The first-order chi connectivity index (χ1) is 16.8. The molecule has 2 aromatic carbocycles. The molecular formula is C25H26N4O5S. The van der Waals surface area contributed by atoms with E-state index in [1.807, 2.05) is 30.3 Å². The third kappa shape index (κ3) is 5.06. The van der Waals surface area contributed by atoms with Gasteiger partial charge in [-0.1, -0.05) is 18.2 Å². The van der Waals surface area contributed by atoms with Crippen molar-refractivity contribution in [3.8, 4) is 17.5 Å². The second-order valence-corrected chi connectivity index (χ2v) is 10.2. The molecule has 4 rings (SSSR count). The number of aryl methyl sites for hydroxylation is 1. The zero-order valence-corrected chi connectivity index (χ0v) is 20.4. The average Bonchev–Trinajstić information content (AvgIpc) is 3.22. The summed E-state index contributed by atoms with van der Waals surface area (Å²) in [5.41, 5.74) is 2.12. The highest BCUT2D eigenvalue weighted by atomic mass is 32.2. The Hall–Kier alpha value is -3.68. The molecule has 0 spiro atoms. The average molecular weight is 495 g/mol. The molecular weight excluding hydrogens is 468 g/mol. The summed E-state index contributed by atoms with van der Waals surface area (Å²) < 4.78 is 39.8. The Labute approximate surface area is 204 Å². The van der Waals surface area contributed by atoms with Gasteiger partial charge in [0.2, 0.25) is 10.0 Å². The topological polar surface area (TPSA) is 115 Å². The van der Waals surface area contributed by atoms with E-state index in [0.717, 1.165) is 5.69 Å². The normalized spacial score (nSPS) is 16.4. The summed E-state index contributed by atoms with van der Waals surface area (Å²) in [6.07, 6.45) is 1.06. The van der Waals surface area contributed by atoms with Crippen LogP contribution in [-0.2, 0) is 26.2 Å². The van der Waals surface area contributed by atoms with Crippen LogP contribution in [0.15, 0.2) is 59.5 Å². The van der Waals surface area contributed by atoms with Crippen molar-refractivity contribution in [3.63, 3.8) is 0 Å². The summed E-state index contributed by atoms with van der Waals surface area (Å²) in [5.74, 6) is -0.538. The second kappa shape index (κ2) is 10.3. The molecule has 0 N–H and O–H groups in total. The number of benzene rings is 2. The van der Waals surface area contributed by atoms with Crippen molar-refractivity contribution in [2.75, 3.05) is 20.2 Å². The third-order valence-electron chi connectivity index (χ3n) is 6.03. The van der Waals surface area contributed by atoms with Gasteiger partial charge in [-0.25, -0.2) is 13.1 Å². The third-order valence-corrected chi connectivity index (χ3v) is 7.91. The maximum atomic E-state index is 13.1. The first-order valence-corrected chi connectivity index (χ1v) is 12.6. The van der Waals surface area contributed by atoms with Gasteiger partial charge in [-0.3, -0.25) is 4.79 Å². The van der Waals surface area contributed by atoms with Crippen LogP contribution in [0.5, 0.6) is 5.75 Å². The quantitative estimate of drug-likeness (QED) is 0.463. The molecule has 1 atom stereocenters. The van der Waals surface area contributed by atoms with Gasteiger partial charge in [-0.15, -0.1) is 0 Å². The molecule has 1 aliphatic heterocycles. The van der Waals surface area contributed by atoms with Gasteiger partial charge < -0.3 is 9.47 Å². The van der Waals surface area contributed by atoms with Crippen LogP contribution in [0.4, 0.5) is 0 Å². The van der Waals surface area contributed by atoms with Gasteiger partial charge >= 0.3 is 5.97 Å². The largest absolute Gasteiger partial charge is 0.497 e. The maximum Gasteiger partial charge on any atom is 0.310 e. The minimum absolute atomic E-state index is 0.0370. The van der Waals surface area contributed by atoms with Gasteiger partial charge in [0.25, 0.3) is 0 Å². The summed E-state index contributed by atoms with van der Waals surface area (Å²) in [6.45, 7) is 1.96. The number of aromatic nitrogens is 2. The minimum atomic E-state index is -3.76. The number of ether oxygens (including phenoxy) is 2. The maximum absolute atomic E-state index is 13.1. The number of nitriles is 1. The molecule has 0 bridgehead atoms. The number of carbonyl (C=O) groups is 1. The SMILES string of the molecule is COc1ccc(S(=O)(=O)N2CCC[C@@H](C(=O)OCc3c(C#N)c(C)nn3-c3ccccc3)C2)cc1. The molecule has 1 saturated heterocycles. The van der Waals surface area contributed by atoms with E-state index in [9.17, 15) is 18.5 Å². The molecule has 0 aliphatic carbocycles. The molecule has 1 aromatic heterocycles. The minimum Gasteiger partial charge on any atom is -0.497 e. The van der Waals surface area contributed by atoms with Crippen molar-refractivity contribution in [2.24, 2.45) is 5.92 Å². The number of nitrogens with zero attached hydrogens (tertiary/aromatic N) is 4. The molecule has 2 heterocycles. The Balaban J connectivity index is 1.48. The van der Waals surface area contributed by atoms with E-state index in [-0.39, 0.29) is 18.0 Å². The van der Waals surface area contributed by atoms with Crippen LogP contribution in [0.25, 0.3) is 5.69 Å². The second-order valence-electron chi connectivity index (χ2n) is 8.25. The van der Waals surface area contributed by atoms with Crippen LogP contribution >= 0.6 is 0 Å². The molecule has 1 aliphatic rings. The van der Waals surface area contributed by atoms with E-state index in [2.05, 4.69) is 11.2 Å². The lowest BCUT2D eigenvalue weighted by atomic mass is 10.00. The van der Waals surface area contributed by atoms with Crippen LogP contribution in [0, 0.1) is 24.2 Å². The van der Waals surface area contributed by atoms with Crippen LogP contribution in [0.2, 0.25) is 0 Å². The number of methoxy groups -OCH3 is 1. The fourth-order valence-electron chi connectivity index (χ4n) is 4.14. The summed E-state index contributed by atoms with van der Waals surface area (Å²) in [6, 6.07) is 17.6. The van der Waals surface area contributed by atoms with Crippen LogP contribution in [-0.4, -0.2) is 48.7 Å². The van der Waals surface area contributed by atoms with Crippen molar-refractivity contribution in [1.82, 2.24) is 14.1 Å². The Kier molecular flexibility index (Phi) is 7.19. The van der Waals surface area contributed by atoms with Crippen LogP contribution in [0.3, 0.4) is 0 Å². The number of para-hydroxylation sites is 1. The number of carbonyl (C=O) groups excluding carboxylic acids is 1. The predicted molar refractivity (Wildman–Crippen MR) is 127 cm³/mol. The lowest BCUT2D eigenvalue weighted by Gasteiger charge is -2.30. The van der Waals surface area contributed by atoms with E-state index < -0.39 is 21.9 Å². The monoisotopic (exact) mass is 494 g/mol. The number of rotatable bonds is 7. The first-order valence-electron chi connectivity index (χ1n) is 11.2. The Morgan fingerprint density at radius 3 is 2.54 bits per heavy atom. The van der Waals surface area contributed by atoms with E-state index in [1.54, 1.807) is 23.7 Å². The number of hydrogen-bond donors (Lipinski definition) is 0. The molecule has 0 amide bonds. The van der Waals surface area contributed by atoms with E-state index in [1.165, 1.54) is 23.5 Å². The van der Waals surface area contributed by atoms with E-state index in [4.69, 9.17) is 9.47 Å². The van der Waals surface area contributed by atoms with Gasteiger partial charge in [0.1, 0.15) is 24.0 Å². The fraction of sp³-hybridized carbons (Fsp3) is 0.320. The van der Waals surface area contributed by atoms with Crippen molar-refractivity contribution in [3.05, 3.63) is 71.5 Å². The number of esters is 1. The van der Waals surface area contributed by atoms with Gasteiger partial charge in [0.15, 0.2) is 0 Å². The Bertz CT molecular complexity index is 1340. The summed E-state index contributed by atoms with van der Waals surface area (Å²) in [5, 5.41) is 14.1. The van der Waals surface area contributed by atoms with Crippen molar-refractivity contribution < 1.29 is 22.7 Å². The van der Waals surface area contributed by atoms with E-state index in [0.29, 0.717) is 42.1 Å². The zero-order valence-electron chi connectivity index (χ0n) is 19.5. The highest BCUT2D eigenvalue weighted by molar-refractivity contribution is 7.89. The molecule has 10 heteroatoms. The molecule has 182 valence electrons. The molecule has 0 radical (unpaired) electrons. The number of hydrogen-bond acceptors (Lipinski definition) is 7. The van der Waals surface area contributed by atoms with Gasteiger partial charge in [0.05, 0.1) is 35.0 Å². The molecule has 35 heavy (non-hydrogen) atoms. The van der Waals surface area contributed by atoms with E-state index >= 15 is 0 Å². The Morgan fingerprint density at radius 2 is 1.89 bits per heavy atom.